The Bertz CT molecular complexity index is 641. The van der Waals surface area contributed by atoms with Crippen molar-refractivity contribution in [2.24, 2.45) is 11.1 Å². The van der Waals surface area contributed by atoms with Crippen molar-refractivity contribution in [1.82, 2.24) is 10.4 Å². The molecule has 0 aliphatic heterocycles. The molecule has 1 aromatic rings. The average molecular weight is 363 g/mol. The van der Waals surface area contributed by atoms with E-state index >= 15 is 0 Å². The highest BCUT2D eigenvalue weighted by Gasteiger charge is 2.35. The lowest BCUT2D eigenvalue weighted by Gasteiger charge is -2.33. The van der Waals surface area contributed by atoms with Gasteiger partial charge in [0.25, 0.3) is 5.91 Å². The maximum absolute atomic E-state index is 12.9. The van der Waals surface area contributed by atoms with Crippen LogP contribution in [-0.2, 0) is 20.8 Å². The van der Waals surface area contributed by atoms with Crippen LogP contribution in [0, 0.1) is 12.3 Å². The summed E-state index contributed by atoms with van der Waals surface area (Å²) in [5, 5.41) is 8.92. The smallest absolute Gasteiger partial charge is 0.266 e. The molecule has 7 nitrogen and oxygen atoms in total. The predicted octanol–water partition coefficient (Wildman–Crippen LogP) is 1.55. The van der Waals surface area contributed by atoms with Crippen molar-refractivity contribution in [3.8, 4) is 0 Å². The molecule has 0 saturated heterocycles. The van der Waals surface area contributed by atoms with E-state index in [1.54, 1.807) is 5.48 Å². The van der Waals surface area contributed by atoms with Crippen LogP contribution in [0.5, 0.6) is 0 Å². The molecule has 26 heavy (non-hydrogen) atoms. The summed E-state index contributed by atoms with van der Waals surface area (Å²) in [5.41, 5.74) is 8.29. The molecule has 144 valence electrons. The Morgan fingerprint density at radius 1 is 1.23 bits per heavy atom. The van der Waals surface area contributed by atoms with Gasteiger partial charge in [-0.25, -0.2) is 5.48 Å². The lowest BCUT2D eigenvalue weighted by atomic mass is 9.84. The molecule has 1 unspecified atom stereocenters. The van der Waals surface area contributed by atoms with Crippen LogP contribution in [0.1, 0.15) is 44.2 Å². The Morgan fingerprint density at radius 3 is 2.31 bits per heavy atom. The van der Waals surface area contributed by atoms with Crippen LogP contribution >= 0.6 is 0 Å². The summed E-state index contributed by atoms with van der Waals surface area (Å²) in [4.78, 5) is 37.1. The second-order valence-electron chi connectivity index (χ2n) is 7.28. The van der Waals surface area contributed by atoms with Gasteiger partial charge in [-0.3, -0.25) is 19.6 Å². The second-order valence-corrected chi connectivity index (χ2v) is 7.28. The predicted molar refractivity (Wildman–Crippen MR) is 98.2 cm³/mol. The highest BCUT2D eigenvalue weighted by atomic mass is 16.5. The molecule has 3 amide bonds. The number of likely N-dealkylation sites (N-methyl/N-ethyl adjacent to an activating group) is 1. The summed E-state index contributed by atoms with van der Waals surface area (Å²) in [6, 6.07) is 7.17. The normalized spacial score (nSPS) is 12.3. The largest absolute Gasteiger partial charge is 0.370 e. The van der Waals surface area contributed by atoms with Crippen molar-refractivity contribution < 1.29 is 19.6 Å². The number of primary amides is 1. The Kier molecular flexibility index (Phi) is 7.76. The van der Waals surface area contributed by atoms with Crippen LogP contribution in [0.4, 0.5) is 0 Å². The van der Waals surface area contributed by atoms with Gasteiger partial charge in [0.05, 0.1) is 0 Å². The first kappa shape index (κ1) is 21.6. The van der Waals surface area contributed by atoms with Gasteiger partial charge in [-0.1, -0.05) is 43.7 Å². The molecule has 0 aromatic heterocycles. The molecule has 1 rings (SSSR count). The SMILES string of the molecule is Cc1ccc(CCC(C)(C)C(=O)N(C)C(CCC(N)=O)C(=O)NO)cc1. The van der Waals surface area contributed by atoms with Gasteiger partial charge in [0.15, 0.2) is 0 Å². The number of hydroxylamine groups is 1. The van der Waals surface area contributed by atoms with Gasteiger partial charge in [0.2, 0.25) is 11.8 Å². The molecule has 7 heteroatoms. The number of nitrogens with one attached hydrogen (secondary N) is 1. The Balaban J connectivity index is 2.81. The van der Waals surface area contributed by atoms with Gasteiger partial charge < -0.3 is 10.6 Å². The number of carbonyl (C=O) groups excluding carboxylic acids is 3. The third-order valence-electron chi connectivity index (χ3n) is 4.60. The van der Waals surface area contributed by atoms with Crippen molar-refractivity contribution >= 4 is 17.7 Å². The average Bonchev–Trinajstić information content (AvgIpc) is 2.60. The van der Waals surface area contributed by atoms with Crippen LogP contribution in [0.3, 0.4) is 0 Å². The number of nitrogens with two attached hydrogens (primary N) is 1. The molecule has 0 fully saturated rings. The summed E-state index contributed by atoms with van der Waals surface area (Å²) in [6.07, 6.45) is 1.32. The summed E-state index contributed by atoms with van der Waals surface area (Å²) >= 11 is 0. The minimum Gasteiger partial charge on any atom is -0.370 e. The van der Waals surface area contributed by atoms with Gasteiger partial charge in [-0.05, 0) is 31.7 Å². The number of rotatable bonds is 9. The fourth-order valence-corrected chi connectivity index (χ4v) is 2.79. The quantitative estimate of drug-likeness (QED) is 0.456. The van der Waals surface area contributed by atoms with Crippen LogP contribution in [0.25, 0.3) is 0 Å². The third-order valence-corrected chi connectivity index (χ3v) is 4.60. The summed E-state index contributed by atoms with van der Waals surface area (Å²) < 4.78 is 0. The van der Waals surface area contributed by atoms with Crippen molar-refractivity contribution in [1.29, 1.82) is 0 Å². The molecule has 1 aromatic carbocycles. The molecule has 0 radical (unpaired) electrons. The first-order valence-corrected chi connectivity index (χ1v) is 8.63. The monoisotopic (exact) mass is 363 g/mol. The first-order valence-electron chi connectivity index (χ1n) is 8.63. The van der Waals surface area contributed by atoms with E-state index in [0.717, 1.165) is 12.0 Å². The zero-order chi connectivity index (χ0) is 19.9. The van der Waals surface area contributed by atoms with E-state index in [0.29, 0.717) is 6.42 Å². The van der Waals surface area contributed by atoms with E-state index in [-0.39, 0.29) is 18.7 Å². The van der Waals surface area contributed by atoms with E-state index < -0.39 is 23.3 Å². The number of aryl methyl sites for hydroxylation is 2. The minimum absolute atomic E-state index is 0.0536. The van der Waals surface area contributed by atoms with E-state index in [2.05, 4.69) is 0 Å². The van der Waals surface area contributed by atoms with Gasteiger partial charge in [-0.15, -0.1) is 0 Å². The zero-order valence-electron chi connectivity index (χ0n) is 15.9. The van der Waals surface area contributed by atoms with Crippen molar-refractivity contribution in [2.45, 2.75) is 52.5 Å². The molecule has 0 saturated carbocycles. The summed E-state index contributed by atoms with van der Waals surface area (Å²) in [7, 11) is 1.50. The van der Waals surface area contributed by atoms with Crippen molar-refractivity contribution in [2.75, 3.05) is 7.05 Å². The first-order chi connectivity index (χ1) is 12.1. The standard InChI is InChI=1S/C19H29N3O4/c1-13-5-7-14(8-6-13)11-12-19(2,3)18(25)22(4)15(17(24)21-26)9-10-16(20)23/h5-8,15,26H,9-12H2,1-4H3,(H2,20,23)(H,21,24). The van der Waals surface area contributed by atoms with Crippen LogP contribution < -0.4 is 11.2 Å². The third kappa shape index (κ3) is 6.15. The number of benzene rings is 1. The highest BCUT2D eigenvalue weighted by molar-refractivity contribution is 5.89. The fourth-order valence-electron chi connectivity index (χ4n) is 2.79. The molecule has 0 spiro atoms. The molecule has 0 bridgehead atoms. The van der Waals surface area contributed by atoms with Gasteiger partial charge in [-0.2, -0.15) is 0 Å². The van der Waals surface area contributed by atoms with Crippen molar-refractivity contribution in [3.63, 3.8) is 0 Å². The molecular weight excluding hydrogens is 334 g/mol. The van der Waals surface area contributed by atoms with Crippen LogP contribution in [-0.4, -0.2) is 40.9 Å². The molecule has 4 N–H and O–H groups in total. The Labute approximate surface area is 154 Å². The number of hydrogen-bond acceptors (Lipinski definition) is 4. The van der Waals surface area contributed by atoms with Gasteiger partial charge >= 0.3 is 0 Å². The van der Waals surface area contributed by atoms with Crippen LogP contribution in [0.15, 0.2) is 24.3 Å². The Hall–Kier alpha value is -2.41. The molecule has 0 aliphatic carbocycles. The topological polar surface area (TPSA) is 113 Å². The lowest BCUT2D eigenvalue weighted by Crippen LogP contribution is -2.51. The van der Waals surface area contributed by atoms with Gasteiger partial charge in [0.1, 0.15) is 6.04 Å². The summed E-state index contributed by atoms with van der Waals surface area (Å²) in [6.45, 7) is 5.66. The number of hydrogen-bond donors (Lipinski definition) is 3. The molecular formula is C19H29N3O4. The second kappa shape index (κ2) is 9.33. The maximum atomic E-state index is 12.9. The van der Waals surface area contributed by atoms with Gasteiger partial charge in [0, 0.05) is 18.9 Å². The van der Waals surface area contributed by atoms with E-state index in [4.69, 9.17) is 10.9 Å². The Morgan fingerprint density at radius 2 is 1.81 bits per heavy atom. The summed E-state index contributed by atoms with van der Waals surface area (Å²) in [5.74, 6) is -1.54. The molecule has 0 aliphatic rings. The van der Waals surface area contributed by atoms with E-state index in [9.17, 15) is 14.4 Å². The zero-order valence-corrected chi connectivity index (χ0v) is 15.9. The van der Waals surface area contributed by atoms with Crippen molar-refractivity contribution in [3.05, 3.63) is 35.4 Å². The number of nitrogens with zero attached hydrogens (tertiary/aromatic N) is 1. The van der Waals surface area contributed by atoms with Crippen LogP contribution in [0.2, 0.25) is 0 Å². The molecule has 1 atom stereocenters. The lowest BCUT2D eigenvalue weighted by molar-refractivity contribution is -0.149. The molecule has 0 heterocycles. The minimum atomic E-state index is -0.960. The van der Waals surface area contributed by atoms with E-state index in [1.165, 1.54) is 17.5 Å². The number of amides is 3. The maximum Gasteiger partial charge on any atom is 0.266 e. The number of carbonyl (C=O) groups is 3. The fraction of sp³-hybridized carbons (Fsp3) is 0.526. The van der Waals surface area contributed by atoms with E-state index in [1.807, 2.05) is 45.0 Å². The highest BCUT2D eigenvalue weighted by Crippen LogP contribution is 2.27.